The first-order chi connectivity index (χ1) is 10.9. The van der Waals surface area contributed by atoms with Crippen molar-refractivity contribution in [3.8, 4) is 11.1 Å². The van der Waals surface area contributed by atoms with Gasteiger partial charge >= 0.3 is 0 Å². The third kappa shape index (κ3) is 2.82. The monoisotopic (exact) mass is 318 g/mol. The molecule has 0 aliphatic carbocycles. The van der Waals surface area contributed by atoms with Crippen LogP contribution >= 0.6 is 0 Å². The van der Waals surface area contributed by atoms with E-state index in [-0.39, 0.29) is 11.4 Å². The van der Waals surface area contributed by atoms with Crippen molar-refractivity contribution in [2.75, 3.05) is 20.3 Å². The van der Waals surface area contributed by atoms with Crippen molar-refractivity contribution in [2.45, 2.75) is 12.5 Å². The van der Waals surface area contributed by atoms with E-state index in [4.69, 9.17) is 4.74 Å². The zero-order valence-electron chi connectivity index (χ0n) is 12.8. The van der Waals surface area contributed by atoms with Crippen LogP contribution in [0.2, 0.25) is 0 Å². The van der Waals surface area contributed by atoms with E-state index < -0.39 is 11.6 Å². The van der Waals surface area contributed by atoms with Crippen LogP contribution in [0.4, 0.5) is 8.78 Å². The Morgan fingerprint density at radius 2 is 1.87 bits per heavy atom. The molecule has 1 saturated heterocycles. The van der Waals surface area contributed by atoms with Crippen LogP contribution in [0, 0.1) is 11.6 Å². The standard InChI is InChI=1S/C17H16F2N2O2/c1-17(9-23-10-17)21(2)16(22)15-6-4-12(8-20-15)11-3-5-13(18)14(19)7-11/h3-8H,9-10H2,1-2H3. The van der Waals surface area contributed by atoms with E-state index in [1.54, 1.807) is 24.1 Å². The number of carbonyl (C=O) groups is 1. The summed E-state index contributed by atoms with van der Waals surface area (Å²) >= 11 is 0. The van der Waals surface area contributed by atoms with E-state index in [1.807, 2.05) is 6.92 Å². The highest BCUT2D eigenvalue weighted by Crippen LogP contribution is 2.25. The Morgan fingerprint density at radius 1 is 1.17 bits per heavy atom. The normalized spacial score (nSPS) is 15.8. The number of aromatic nitrogens is 1. The van der Waals surface area contributed by atoms with Gasteiger partial charge in [-0.15, -0.1) is 0 Å². The van der Waals surface area contributed by atoms with Gasteiger partial charge in [0, 0.05) is 18.8 Å². The van der Waals surface area contributed by atoms with Crippen LogP contribution in [0.3, 0.4) is 0 Å². The summed E-state index contributed by atoms with van der Waals surface area (Å²) in [6.07, 6.45) is 1.48. The van der Waals surface area contributed by atoms with Crippen LogP contribution in [0.1, 0.15) is 17.4 Å². The van der Waals surface area contributed by atoms with Gasteiger partial charge in [-0.3, -0.25) is 9.78 Å². The lowest BCUT2D eigenvalue weighted by molar-refractivity contribution is -0.108. The summed E-state index contributed by atoms with van der Waals surface area (Å²) in [5.41, 5.74) is 1.11. The van der Waals surface area contributed by atoms with Crippen LogP contribution in [0.5, 0.6) is 0 Å². The highest BCUT2D eigenvalue weighted by atomic mass is 19.2. The number of ether oxygens (including phenoxy) is 1. The Bertz CT molecular complexity index is 743. The maximum absolute atomic E-state index is 13.3. The highest BCUT2D eigenvalue weighted by molar-refractivity contribution is 5.93. The molecule has 1 amide bonds. The molecule has 3 rings (SSSR count). The molecule has 4 nitrogen and oxygen atoms in total. The van der Waals surface area contributed by atoms with Crippen molar-refractivity contribution in [1.29, 1.82) is 0 Å². The van der Waals surface area contributed by atoms with E-state index in [0.717, 1.165) is 12.1 Å². The molecule has 1 fully saturated rings. The summed E-state index contributed by atoms with van der Waals surface area (Å²) in [6, 6.07) is 6.89. The van der Waals surface area contributed by atoms with E-state index >= 15 is 0 Å². The highest BCUT2D eigenvalue weighted by Gasteiger charge is 2.40. The second-order valence-electron chi connectivity index (χ2n) is 5.91. The molecule has 0 bridgehead atoms. The molecule has 0 unspecified atom stereocenters. The number of nitrogens with zero attached hydrogens (tertiary/aromatic N) is 2. The molecule has 6 heteroatoms. The number of rotatable bonds is 3. The SMILES string of the molecule is CN(C(=O)c1ccc(-c2ccc(F)c(F)c2)cn1)C1(C)COC1. The third-order valence-electron chi connectivity index (χ3n) is 4.18. The van der Waals surface area contributed by atoms with E-state index in [9.17, 15) is 13.6 Å². The summed E-state index contributed by atoms with van der Waals surface area (Å²) < 4.78 is 31.4. The Kier molecular flexibility index (Phi) is 3.85. The molecular weight excluding hydrogens is 302 g/mol. The maximum atomic E-state index is 13.3. The molecule has 0 atom stereocenters. The van der Waals surface area contributed by atoms with Crippen molar-refractivity contribution >= 4 is 5.91 Å². The molecule has 2 aromatic rings. The first-order valence-electron chi connectivity index (χ1n) is 7.18. The maximum Gasteiger partial charge on any atom is 0.272 e. The third-order valence-corrected chi connectivity index (χ3v) is 4.18. The molecule has 1 aromatic heterocycles. The molecule has 0 N–H and O–H groups in total. The Balaban J connectivity index is 1.81. The summed E-state index contributed by atoms with van der Waals surface area (Å²) in [4.78, 5) is 18.2. The fourth-order valence-corrected chi connectivity index (χ4v) is 2.37. The number of pyridine rings is 1. The van der Waals surface area contributed by atoms with Gasteiger partial charge in [0.05, 0.1) is 18.8 Å². The van der Waals surface area contributed by atoms with Crippen molar-refractivity contribution in [2.24, 2.45) is 0 Å². The number of amides is 1. The van der Waals surface area contributed by atoms with Gasteiger partial charge in [-0.05, 0) is 30.7 Å². The van der Waals surface area contributed by atoms with Crippen molar-refractivity contribution in [1.82, 2.24) is 9.88 Å². The number of benzene rings is 1. The molecule has 0 saturated carbocycles. The smallest absolute Gasteiger partial charge is 0.272 e. The Labute approximate surface area is 132 Å². The lowest BCUT2D eigenvalue weighted by Gasteiger charge is -2.45. The van der Waals surface area contributed by atoms with Gasteiger partial charge in [0.25, 0.3) is 5.91 Å². The summed E-state index contributed by atoms with van der Waals surface area (Å²) in [7, 11) is 1.72. The molecule has 1 aliphatic heterocycles. The lowest BCUT2D eigenvalue weighted by atomic mass is 9.98. The minimum Gasteiger partial charge on any atom is -0.376 e. The molecule has 2 heterocycles. The Hall–Kier alpha value is -2.34. The van der Waals surface area contributed by atoms with Gasteiger partial charge in [-0.25, -0.2) is 8.78 Å². The number of carbonyl (C=O) groups excluding carboxylic acids is 1. The molecule has 1 aromatic carbocycles. The van der Waals surface area contributed by atoms with Crippen molar-refractivity contribution in [3.63, 3.8) is 0 Å². The number of hydrogen-bond acceptors (Lipinski definition) is 3. The summed E-state index contributed by atoms with van der Waals surface area (Å²) in [6.45, 7) is 2.95. The predicted octanol–water partition coefficient (Wildman–Crippen LogP) is 2.89. The second-order valence-corrected chi connectivity index (χ2v) is 5.91. The first-order valence-corrected chi connectivity index (χ1v) is 7.18. The van der Waals surface area contributed by atoms with E-state index in [0.29, 0.717) is 30.0 Å². The Morgan fingerprint density at radius 3 is 2.39 bits per heavy atom. The van der Waals surface area contributed by atoms with E-state index in [1.165, 1.54) is 12.3 Å². The molecular formula is C17H16F2N2O2. The number of halogens is 2. The van der Waals surface area contributed by atoms with Gasteiger partial charge in [-0.2, -0.15) is 0 Å². The average molecular weight is 318 g/mol. The quantitative estimate of drug-likeness (QED) is 0.874. The van der Waals surface area contributed by atoms with Crippen LogP contribution < -0.4 is 0 Å². The van der Waals surface area contributed by atoms with Gasteiger partial charge in [0.15, 0.2) is 11.6 Å². The predicted molar refractivity (Wildman–Crippen MR) is 80.9 cm³/mol. The molecule has 23 heavy (non-hydrogen) atoms. The van der Waals surface area contributed by atoms with Crippen LogP contribution in [0.25, 0.3) is 11.1 Å². The van der Waals surface area contributed by atoms with Gasteiger partial charge in [-0.1, -0.05) is 12.1 Å². The molecule has 1 aliphatic rings. The number of likely N-dealkylation sites (N-methyl/N-ethyl adjacent to an activating group) is 1. The van der Waals surface area contributed by atoms with Crippen LogP contribution in [-0.4, -0.2) is 41.6 Å². The fraction of sp³-hybridized carbons (Fsp3) is 0.294. The lowest BCUT2D eigenvalue weighted by Crippen LogP contribution is -2.60. The summed E-state index contributed by atoms with van der Waals surface area (Å²) in [5, 5.41) is 0. The minimum absolute atomic E-state index is 0.201. The largest absolute Gasteiger partial charge is 0.376 e. The van der Waals surface area contributed by atoms with Crippen LogP contribution in [0.15, 0.2) is 36.5 Å². The van der Waals surface area contributed by atoms with Gasteiger partial charge in [0.2, 0.25) is 0 Å². The van der Waals surface area contributed by atoms with E-state index in [2.05, 4.69) is 4.98 Å². The average Bonchev–Trinajstić information content (AvgIpc) is 2.54. The minimum atomic E-state index is -0.916. The fourth-order valence-electron chi connectivity index (χ4n) is 2.37. The van der Waals surface area contributed by atoms with Crippen molar-refractivity contribution in [3.05, 3.63) is 53.9 Å². The zero-order valence-corrected chi connectivity index (χ0v) is 12.8. The second kappa shape index (κ2) is 5.70. The zero-order chi connectivity index (χ0) is 16.6. The topological polar surface area (TPSA) is 42.4 Å². The molecule has 0 radical (unpaired) electrons. The first kappa shape index (κ1) is 15.6. The van der Waals surface area contributed by atoms with Crippen molar-refractivity contribution < 1.29 is 18.3 Å². The summed E-state index contributed by atoms with van der Waals surface area (Å²) in [5.74, 6) is -2.01. The van der Waals surface area contributed by atoms with Gasteiger partial charge in [0.1, 0.15) is 5.69 Å². The molecule has 120 valence electrons. The van der Waals surface area contributed by atoms with Gasteiger partial charge < -0.3 is 9.64 Å². The molecule has 0 spiro atoms. The number of hydrogen-bond donors (Lipinski definition) is 0. The van der Waals surface area contributed by atoms with Crippen LogP contribution in [-0.2, 0) is 4.74 Å².